The van der Waals surface area contributed by atoms with Gasteiger partial charge in [-0.1, -0.05) is 6.92 Å². The van der Waals surface area contributed by atoms with Gasteiger partial charge in [-0.3, -0.25) is 4.79 Å². The topological polar surface area (TPSA) is 80.5 Å². The number of anilines is 2. The summed E-state index contributed by atoms with van der Waals surface area (Å²) in [5, 5.41) is 3.08. The van der Waals surface area contributed by atoms with Crippen molar-refractivity contribution in [1.29, 1.82) is 0 Å². The summed E-state index contributed by atoms with van der Waals surface area (Å²) in [5.74, 6) is 1.17. The fourth-order valence-electron chi connectivity index (χ4n) is 1.39. The Hall–Kier alpha value is -1.98. The summed E-state index contributed by atoms with van der Waals surface area (Å²) in [7, 11) is 3.47. The molecule has 6 heteroatoms. The number of carbonyl (C=O) groups is 1. The van der Waals surface area contributed by atoms with Gasteiger partial charge in [-0.25, -0.2) is 0 Å². The number of ether oxygens (including phenoxy) is 1. The van der Waals surface area contributed by atoms with Crippen LogP contribution in [0.5, 0.6) is 5.88 Å². The number of nitrogens with zero attached hydrogens (tertiary/aromatic N) is 2. The second-order valence-electron chi connectivity index (χ2n) is 4.40. The molecule has 106 valence electrons. The minimum Gasteiger partial charge on any atom is -0.476 e. The van der Waals surface area contributed by atoms with Crippen molar-refractivity contribution in [2.45, 2.75) is 19.8 Å². The molecule has 1 aromatic rings. The van der Waals surface area contributed by atoms with E-state index in [1.807, 2.05) is 6.92 Å². The Balaban J connectivity index is 2.52. The van der Waals surface area contributed by atoms with Crippen LogP contribution in [0, 0.1) is 0 Å². The minimum atomic E-state index is 0.0744. The van der Waals surface area contributed by atoms with Crippen molar-refractivity contribution in [3.8, 4) is 5.88 Å². The van der Waals surface area contributed by atoms with Gasteiger partial charge in [0.05, 0.1) is 12.3 Å². The summed E-state index contributed by atoms with van der Waals surface area (Å²) in [4.78, 5) is 17.2. The van der Waals surface area contributed by atoms with Crippen LogP contribution in [0.1, 0.15) is 19.8 Å². The lowest BCUT2D eigenvalue weighted by Gasteiger charge is -2.12. The molecular formula is C13H22N4O2. The maximum Gasteiger partial charge on any atom is 0.239 e. The third-order valence-electron chi connectivity index (χ3n) is 2.48. The van der Waals surface area contributed by atoms with E-state index in [0.717, 1.165) is 6.42 Å². The van der Waals surface area contributed by atoms with E-state index < -0.39 is 0 Å². The van der Waals surface area contributed by atoms with Crippen LogP contribution in [0.15, 0.2) is 12.1 Å². The van der Waals surface area contributed by atoms with E-state index in [4.69, 9.17) is 10.5 Å². The predicted octanol–water partition coefficient (Wildman–Crippen LogP) is 1.34. The van der Waals surface area contributed by atoms with Gasteiger partial charge in [0.25, 0.3) is 0 Å². The molecule has 0 bridgehead atoms. The zero-order valence-electron chi connectivity index (χ0n) is 11.8. The number of nitrogen functional groups attached to an aromatic ring is 1. The van der Waals surface area contributed by atoms with Crippen LogP contribution in [0.2, 0.25) is 0 Å². The molecule has 0 unspecified atom stereocenters. The number of nitrogens with two attached hydrogens (primary N) is 1. The number of nitrogens with one attached hydrogen (secondary N) is 1. The van der Waals surface area contributed by atoms with Gasteiger partial charge in [-0.05, 0) is 18.6 Å². The number of carbonyl (C=O) groups excluding carboxylic acids is 1. The molecule has 0 radical (unpaired) electrons. The van der Waals surface area contributed by atoms with E-state index in [2.05, 4.69) is 10.3 Å². The van der Waals surface area contributed by atoms with Gasteiger partial charge < -0.3 is 20.7 Å². The first kappa shape index (κ1) is 15.1. The average molecular weight is 266 g/mol. The first-order valence-electron chi connectivity index (χ1n) is 6.38. The average Bonchev–Trinajstić information content (AvgIpc) is 2.38. The number of amides is 1. The quantitative estimate of drug-likeness (QED) is 0.778. The monoisotopic (exact) mass is 266 g/mol. The molecule has 0 atom stereocenters. The van der Waals surface area contributed by atoms with Crippen LogP contribution in [0.3, 0.4) is 0 Å². The Kier molecular flexibility index (Phi) is 5.92. The molecule has 3 N–H and O–H groups in total. The van der Waals surface area contributed by atoms with Gasteiger partial charge >= 0.3 is 0 Å². The first-order chi connectivity index (χ1) is 9.04. The molecule has 0 aliphatic rings. The van der Waals surface area contributed by atoms with Gasteiger partial charge in [0, 0.05) is 27.1 Å². The lowest BCUT2D eigenvalue weighted by molar-refractivity contribution is -0.128. The summed E-state index contributed by atoms with van der Waals surface area (Å²) in [6.45, 7) is 3.13. The van der Waals surface area contributed by atoms with Crippen molar-refractivity contribution in [3.05, 3.63) is 12.1 Å². The van der Waals surface area contributed by atoms with Crippen LogP contribution < -0.4 is 15.8 Å². The van der Waals surface area contributed by atoms with Crippen molar-refractivity contribution in [2.75, 3.05) is 38.3 Å². The zero-order valence-corrected chi connectivity index (χ0v) is 11.8. The van der Waals surface area contributed by atoms with Crippen molar-refractivity contribution in [1.82, 2.24) is 9.88 Å². The fraction of sp³-hybridized carbons (Fsp3) is 0.538. The van der Waals surface area contributed by atoms with E-state index in [0.29, 0.717) is 37.0 Å². The second kappa shape index (κ2) is 7.45. The fourth-order valence-corrected chi connectivity index (χ4v) is 1.39. The van der Waals surface area contributed by atoms with Gasteiger partial charge in [0.2, 0.25) is 11.8 Å². The maximum atomic E-state index is 11.4. The molecule has 19 heavy (non-hydrogen) atoms. The first-order valence-corrected chi connectivity index (χ1v) is 6.38. The molecule has 1 aromatic heterocycles. The molecule has 0 fully saturated rings. The predicted molar refractivity (Wildman–Crippen MR) is 76.2 cm³/mol. The Labute approximate surface area is 113 Å². The number of pyridine rings is 1. The van der Waals surface area contributed by atoms with E-state index in [-0.39, 0.29) is 5.91 Å². The lowest BCUT2D eigenvalue weighted by Crippen LogP contribution is -2.24. The third-order valence-corrected chi connectivity index (χ3v) is 2.48. The normalized spacial score (nSPS) is 10.1. The summed E-state index contributed by atoms with van der Waals surface area (Å²) < 4.78 is 5.44. The number of rotatable bonds is 7. The van der Waals surface area contributed by atoms with E-state index >= 15 is 0 Å². The molecule has 0 aliphatic heterocycles. The van der Waals surface area contributed by atoms with E-state index in [1.54, 1.807) is 31.1 Å². The lowest BCUT2D eigenvalue weighted by atomic mass is 10.3. The molecule has 0 spiro atoms. The van der Waals surface area contributed by atoms with Crippen LogP contribution in [-0.4, -0.2) is 43.0 Å². The Morgan fingerprint density at radius 1 is 1.47 bits per heavy atom. The van der Waals surface area contributed by atoms with Gasteiger partial charge in [-0.15, -0.1) is 0 Å². The highest BCUT2D eigenvalue weighted by Crippen LogP contribution is 2.20. The Morgan fingerprint density at radius 2 is 2.21 bits per heavy atom. The molecule has 1 heterocycles. The molecule has 6 nitrogen and oxygen atoms in total. The summed E-state index contributed by atoms with van der Waals surface area (Å²) >= 11 is 0. The SMILES string of the molecule is CCCOc1nc(NCCC(=O)N(C)C)ccc1N. The molecule has 0 aliphatic carbocycles. The summed E-state index contributed by atoms with van der Waals surface area (Å²) in [6.07, 6.45) is 1.32. The van der Waals surface area contributed by atoms with Gasteiger partial charge in [-0.2, -0.15) is 4.98 Å². The molecular weight excluding hydrogens is 244 g/mol. The highest BCUT2D eigenvalue weighted by molar-refractivity contribution is 5.76. The standard InChI is InChI=1S/C13H22N4O2/c1-4-9-19-13-10(14)5-6-11(16-13)15-8-7-12(18)17(2)3/h5-6H,4,7-9,14H2,1-3H3,(H,15,16). The summed E-state index contributed by atoms with van der Waals surface area (Å²) in [6, 6.07) is 3.52. The van der Waals surface area contributed by atoms with Crippen molar-refractivity contribution in [2.24, 2.45) is 0 Å². The van der Waals surface area contributed by atoms with Crippen LogP contribution in [0.25, 0.3) is 0 Å². The highest BCUT2D eigenvalue weighted by atomic mass is 16.5. The molecule has 1 rings (SSSR count). The van der Waals surface area contributed by atoms with Gasteiger partial charge in [0.1, 0.15) is 5.82 Å². The Bertz CT molecular complexity index is 421. The Morgan fingerprint density at radius 3 is 2.84 bits per heavy atom. The van der Waals surface area contributed by atoms with Crippen molar-refractivity contribution >= 4 is 17.4 Å². The van der Waals surface area contributed by atoms with Gasteiger partial charge in [0.15, 0.2) is 0 Å². The van der Waals surface area contributed by atoms with Crippen LogP contribution >= 0.6 is 0 Å². The third kappa shape index (κ3) is 5.03. The zero-order chi connectivity index (χ0) is 14.3. The molecule has 0 saturated carbocycles. The number of hydrogen-bond donors (Lipinski definition) is 2. The van der Waals surface area contributed by atoms with Crippen LogP contribution in [0.4, 0.5) is 11.5 Å². The largest absolute Gasteiger partial charge is 0.476 e. The van der Waals surface area contributed by atoms with Crippen LogP contribution in [-0.2, 0) is 4.79 Å². The van der Waals surface area contributed by atoms with E-state index in [9.17, 15) is 4.79 Å². The van der Waals surface area contributed by atoms with Crippen molar-refractivity contribution in [3.63, 3.8) is 0 Å². The number of aromatic nitrogens is 1. The van der Waals surface area contributed by atoms with E-state index in [1.165, 1.54) is 0 Å². The summed E-state index contributed by atoms with van der Waals surface area (Å²) in [5.41, 5.74) is 6.29. The maximum absolute atomic E-state index is 11.4. The molecule has 0 aromatic carbocycles. The van der Waals surface area contributed by atoms with Crippen molar-refractivity contribution < 1.29 is 9.53 Å². The number of hydrogen-bond acceptors (Lipinski definition) is 5. The molecule has 0 saturated heterocycles. The minimum absolute atomic E-state index is 0.0744. The highest BCUT2D eigenvalue weighted by Gasteiger charge is 2.06. The molecule has 1 amide bonds. The second-order valence-corrected chi connectivity index (χ2v) is 4.40. The smallest absolute Gasteiger partial charge is 0.239 e.